The molecule has 0 saturated carbocycles. The van der Waals surface area contributed by atoms with E-state index in [4.69, 9.17) is 9.47 Å². The fourth-order valence-corrected chi connectivity index (χ4v) is 3.66. The lowest BCUT2D eigenvalue weighted by atomic mass is 9.61. The quantitative estimate of drug-likeness (QED) is 0.544. The molecule has 0 bridgehead atoms. The second-order valence-electron chi connectivity index (χ2n) is 7.93. The zero-order valence-corrected chi connectivity index (χ0v) is 15.9. The molecule has 8 nitrogen and oxygen atoms in total. The number of ether oxygens (including phenoxy) is 2. The van der Waals surface area contributed by atoms with Gasteiger partial charge in [-0.25, -0.2) is 4.79 Å². The predicted molar refractivity (Wildman–Crippen MR) is 96.3 cm³/mol. The Bertz CT molecular complexity index is 900. The molecule has 8 heteroatoms. The van der Waals surface area contributed by atoms with Crippen LogP contribution in [0.2, 0.25) is 0 Å². The van der Waals surface area contributed by atoms with Crippen molar-refractivity contribution in [2.75, 3.05) is 0 Å². The van der Waals surface area contributed by atoms with E-state index in [0.717, 1.165) is 31.7 Å². The number of benzene rings is 1. The topological polar surface area (TPSA) is 132 Å². The smallest absolute Gasteiger partial charge is 0.339 e. The third kappa shape index (κ3) is 2.34. The standard InChI is InChI=1S/C19H25NO7/c1-15(14(21)22)16(2,23)17(3,24)18(4,25)19(5,27-15)26-12-6-7-13-11(10-12)8-9-20-13/h6-10,20,23-25H,1-5H3,(H,21,22). The zero-order valence-electron chi connectivity index (χ0n) is 15.9. The van der Waals surface area contributed by atoms with Crippen LogP contribution in [0.1, 0.15) is 34.6 Å². The van der Waals surface area contributed by atoms with Gasteiger partial charge in [0, 0.05) is 24.0 Å². The minimum absolute atomic E-state index is 0.301. The third-order valence-corrected chi connectivity index (χ3v) is 6.35. The Morgan fingerprint density at radius 3 is 2.22 bits per heavy atom. The first-order valence-corrected chi connectivity index (χ1v) is 8.56. The molecule has 2 aromatic rings. The van der Waals surface area contributed by atoms with Crippen molar-refractivity contribution in [3.8, 4) is 5.75 Å². The van der Waals surface area contributed by atoms with E-state index < -0.39 is 34.2 Å². The van der Waals surface area contributed by atoms with Crippen LogP contribution >= 0.6 is 0 Å². The summed E-state index contributed by atoms with van der Waals surface area (Å²) >= 11 is 0. The van der Waals surface area contributed by atoms with Crippen LogP contribution in [0.4, 0.5) is 0 Å². The van der Waals surface area contributed by atoms with Crippen molar-refractivity contribution in [3.05, 3.63) is 30.5 Å². The normalized spacial score (nSPS) is 42.2. The van der Waals surface area contributed by atoms with E-state index in [9.17, 15) is 25.2 Å². The average molecular weight is 379 g/mol. The van der Waals surface area contributed by atoms with Crippen molar-refractivity contribution in [2.45, 2.75) is 62.8 Å². The van der Waals surface area contributed by atoms with Gasteiger partial charge in [-0.15, -0.1) is 0 Å². The van der Waals surface area contributed by atoms with Crippen molar-refractivity contribution in [2.24, 2.45) is 0 Å². The van der Waals surface area contributed by atoms with Crippen LogP contribution < -0.4 is 4.74 Å². The average Bonchev–Trinajstić information content (AvgIpc) is 3.00. The monoisotopic (exact) mass is 379 g/mol. The number of aromatic nitrogens is 1. The Kier molecular flexibility index (Phi) is 3.96. The van der Waals surface area contributed by atoms with Crippen molar-refractivity contribution < 1.29 is 34.7 Å². The summed E-state index contributed by atoms with van der Waals surface area (Å²) in [6.07, 6.45) is 1.76. The number of hydrogen-bond acceptors (Lipinski definition) is 6. The predicted octanol–water partition coefficient (Wildman–Crippen LogP) is 1.39. The first-order chi connectivity index (χ1) is 12.2. The van der Waals surface area contributed by atoms with Gasteiger partial charge in [-0.1, -0.05) is 0 Å². The molecule has 0 spiro atoms. The summed E-state index contributed by atoms with van der Waals surface area (Å²) in [5.41, 5.74) is -8.19. The Hall–Kier alpha value is -2.13. The van der Waals surface area contributed by atoms with Crippen LogP contribution in [-0.4, -0.2) is 59.6 Å². The van der Waals surface area contributed by atoms with Gasteiger partial charge in [0.2, 0.25) is 5.79 Å². The molecule has 1 fully saturated rings. The highest BCUT2D eigenvalue weighted by Gasteiger charge is 2.77. The fraction of sp³-hybridized carbons (Fsp3) is 0.526. The molecule has 5 atom stereocenters. The van der Waals surface area contributed by atoms with Gasteiger partial charge in [-0.3, -0.25) is 0 Å². The molecule has 1 aromatic heterocycles. The Morgan fingerprint density at radius 2 is 1.63 bits per heavy atom. The Morgan fingerprint density at radius 1 is 1.00 bits per heavy atom. The molecule has 148 valence electrons. The number of carboxylic acid groups (broad SMARTS) is 1. The highest BCUT2D eigenvalue weighted by molar-refractivity contribution is 5.81. The molecule has 2 heterocycles. The molecule has 5 unspecified atom stereocenters. The van der Waals surface area contributed by atoms with E-state index in [-0.39, 0.29) is 0 Å². The number of nitrogens with one attached hydrogen (secondary N) is 1. The van der Waals surface area contributed by atoms with Crippen LogP contribution in [-0.2, 0) is 9.53 Å². The molecule has 27 heavy (non-hydrogen) atoms. The number of fused-ring (bicyclic) bond motifs is 1. The highest BCUT2D eigenvalue weighted by Crippen LogP contribution is 2.53. The Balaban J connectivity index is 2.12. The minimum atomic E-state index is -2.33. The minimum Gasteiger partial charge on any atom is -0.479 e. The van der Waals surface area contributed by atoms with Gasteiger partial charge >= 0.3 is 5.97 Å². The van der Waals surface area contributed by atoms with Crippen LogP contribution in [0.3, 0.4) is 0 Å². The van der Waals surface area contributed by atoms with Crippen LogP contribution in [0.25, 0.3) is 10.9 Å². The van der Waals surface area contributed by atoms with E-state index in [1.165, 1.54) is 13.8 Å². The van der Waals surface area contributed by atoms with Crippen molar-refractivity contribution in [3.63, 3.8) is 0 Å². The second-order valence-corrected chi connectivity index (χ2v) is 7.93. The second kappa shape index (κ2) is 5.45. The summed E-state index contributed by atoms with van der Waals surface area (Å²) in [6.45, 7) is 5.97. The van der Waals surface area contributed by atoms with Crippen molar-refractivity contribution >= 4 is 16.9 Å². The molecular weight excluding hydrogens is 354 g/mol. The Labute approximate surface area is 156 Å². The molecule has 3 rings (SSSR count). The molecule has 0 aliphatic carbocycles. The highest BCUT2D eigenvalue weighted by atomic mass is 16.7. The number of rotatable bonds is 3. The van der Waals surface area contributed by atoms with Crippen LogP contribution in [0.5, 0.6) is 5.75 Å². The molecule has 1 aliphatic rings. The van der Waals surface area contributed by atoms with Gasteiger partial charge in [-0.05, 0) is 52.0 Å². The summed E-state index contributed by atoms with van der Waals surface area (Å²) in [5.74, 6) is -3.19. The van der Waals surface area contributed by atoms with Gasteiger partial charge in [0.25, 0.3) is 0 Å². The molecule has 5 N–H and O–H groups in total. The summed E-state index contributed by atoms with van der Waals surface area (Å²) < 4.78 is 11.6. The summed E-state index contributed by atoms with van der Waals surface area (Å²) in [5, 5.41) is 43.6. The van der Waals surface area contributed by atoms with E-state index in [0.29, 0.717) is 5.75 Å². The maximum atomic E-state index is 11.9. The summed E-state index contributed by atoms with van der Waals surface area (Å²) in [7, 11) is 0. The number of aliphatic carboxylic acids is 1. The molecule has 1 aliphatic heterocycles. The molecular formula is C19H25NO7. The first kappa shape index (κ1) is 19.6. The lowest BCUT2D eigenvalue weighted by Gasteiger charge is -2.63. The maximum Gasteiger partial charge on any atom is 0.339 e. The van der Waals surface area contributed by atoms with E-state index in [1.807, 2.05) is 6.07 Å². The lowest BCUT2D eigenvalue weighted by Crippen LogP contribution is -2.86. The number of aliphatic hydroxyl groups is 3. The van der Waals surface area contributed by atoms with Crippen molar-refractivity contribution in [1.29, 1.82) is 0 Å². The molecule has 1 saturated heterocycles. The van der Waals surface area contributed by atoms with Crippen molar-refractivity contribution in [1.82, 2.24) is 4.98 Å². The van der Waals surface area contributed by atoms with Crippen LogP contribution in [0, 0.1) is 0 Å². The van der Waals surface area contributed by atoms with Gasteiger partial charge in [0.15, 0.2) is 11.2 Å². The number of H-pyrrole nitrogens is 1. The fourth-order valence-electron chi connectivity index (χ4n) is 3.66. The van der Waals surface area contributed by atoms with Gasteiger partial charge in [0.05, 0.1) is 0 Å². The maximum absolute atomic E-state index is 11.9. The van der Waals surface area contributed by atoms with Gasteiger partial charge in [-0.2, -0.15) is 0 Å². The summed E-state index contributed by atoms with van der Waals surface area (Å²) in [6, 6.07) is 6.90. The lowest BCUT2D eigenvalue weighted by molar-refractivity contribution is -0.430. The third-order valence-electron chi connectivity index (χ3n) is 6.35. The zero-order chi connectivity index (χ0) is 20.5. The number of hydrogen-bond donors (Lipinski definition) is 5. The largest absolute Gasteiger partial charge is 0.479 e. The van der Waals surface area contributed by atoms with Gasteiger partial charge in [0.1, 0.15) is 17.0 Å². The molecule has 1 aromatic carbocycles. The van der Waals surface area contributed by atoms with E-state index >= 15 is 0 Å². The van der Waals surface area contributed by atoms with Gasteiger partial charge < -0.3 is 34.9 Å². The van der Waals surface area contributed by atoms with E-state index in [2.05, 4.69) is 4.98 Å². The van der Waals surface area contributed by atoms with E-state index in [1.54, 1.807) is 24.4 Å². The number of carboxylic acids is 1. The number of carbonyl (C=O) groups is 1. The summed E-state index contributed by atoms with van der Waals surface area (Å²) in [4.78, 5) is 15.0. The SMILES string of the molecule is CC1(Oc2ccc3[nH]ccc3c2)OC(C)(C(=O)O)C(C)(O)C(C)(O)C1(C)O. The molecule has 0 amide bonds. The van der Waals surface area contributed by atoms with Crippen LogP contribution in [0.15, 0.2) is 30.5 Å². The number of aromatic amines is 1. The first-order valence-electron chi connectivity index (χ1n) is 8.56. The molecule has 0 radical (unpaired) electrons.